The minimum absolute atomic E-state index is 0.150. The van der Waals surface area contributed by atoms with Crippen LogP contribution in [0.3, 0.4) is 0 Å². The lowest BCUT2D eigenvalue weighted by Gasteiger charge is -2.08. The minimum Gasteiger partial charge on any atom is -0.423 e. The Balaban J connectivity index is 1.66. The van der Waals surface area contributed by atoms with Crippen molar-refractivity contribution < 1.29 is 27.8 Å². The lowest BCUT2D eigenvalue weighted by atomic mass is 10.1. The smallest absolute Gasteiger partial charge is 0.346 e. The molecule has 30 heavy (non-hydrogen) atoms. The van der Waals surface area contributed by atoms with E-state index in [-0.39, 0.29) is 22.6 Å². The van der Waals surface area contributed by atoms with Crippen molar-refractivity contribution >= 4 is 11.9 Å². The molecule has 3 aromatic rings. The highest BCUT2D eigenvalue weighted by atomic mass is 19.1. The fourth-order valence-electron chi connectivity index (χ4n) is 2.79. The van der Waals surface area contributed by atoms with Gasteiger partial charge in [0.05, 0.1) is 11.1 Å². The Morgan fingerprint density at radius 2 is 1.03 bits per heavy atom. The first-order valence-electron chi connectivity index (χ1n) is 9.52. The molecule has 0 saturated carbocycles. The van der Waals surface area contributed by atoms with E-state index in [0.29, 0.717) is 12.8 Å². The van der Waals surface area contributed by atoms with Crippen molar-refractivity contribution in [1.29, 1.82) is 0 Å². The third-order valence-corrected chi connectivity index (χ3v) is 4.57. The average molecular weight is 410 g/mol. The molecule has 3 rings (SSSR count). The Morgan fingerprint density at radius 1 is 0.667 bits per heavy atom. The van der Waals surface area contributed by atoms with Crippen LogP contribution in [-0.4, -0.2) is 11.9 Å². The van der Waals surface area contributed by atoms with Crippen molar-refractivity contribution in [3.05, 3.63) is 94.6 Å². The molecule has 4 nitrogen and oxygen atoms in total. The van der Waals surface area contributed by atoms with E-state index in [2.05, 4.69) is 0 Å². The van der Waals surface area contributed by atoms with Crippen molar-refractivity contribution in [2.75, 3.05) is 0 Å². The second-order valence-corrected chi connectivity index (χ2v) is 6.59. The van der Waals surface area contributed by atoms with Gasteiger partial charge in [-0.25, -0.2) is 18.4 Å². The number of carbonyl (C=O) groups excluding carboxylic acids is 2. The number of aryl methyl sites for hydroxylation is 2. The maximum atomic E-state index is 14.1. The summed E-state index contributed by atoms with van der Waals surface area (Å²) < 4.78 is 38.4. The Hall–Kier alpha value is -3.54. The first-order chi connectivity index (χ1) is 14.4. The van der Waals surface area contributed by atoms with Crippen LogP contribution in [0.15, 0.2) is 60.7 Å². The molecule has 0 bridgehead atoms. The van der Waals surface area contributed by atoms with E-state index in [1.165, 1.54) is 48.5 Å². The van der Waals surface area contributed by atoms with E-state index < -0.39 is 23.6 Å². The zero-order valence-corrected chi connectivity index (χ0v) is 16.6. The fourth-order valence-corrected chi connectivity index (χ4v) is 2.79. The molecule has 0 saturated heterocycles. The molecule has 0 aliphatic carbocycles. The van der Waals surface area contributed by atoms with E-state index >= 15 is 0 Å². The normalized spacial score (nSPS) is 10.5. The van der Waals surface area contributed by atoms with Gasteiger partial charge < -0.3 is 9.47 Å². The third kappa shape index (κ3) is 4.89. The summed E-state index contributed by atoms with van der Waals surface area (Å²) >= 11 is 0. The van der Waals surface area contributed by atoms with E-state index in [1.807, 2.05) is 13.8 Å². The van der Waals surface area contributed by atoms with E-state index in [1.54, 1.807) is 12.1 Å². The Labute approximate surface area is 173 Å². The third-order valence-electron chi connectivity index (χ3n) is 4.57. The molecule has 0 radical (unpaired) electrons. The standard InChI is InChI=1S/C24H20F2O4/c1-3-15-5-11-19(21(25)13-15)23(27)29-17-7-9-18(10-8-17)30-24(28)20-12-6-16(4-2)14-22(20)26/h5-14H,3-4H2,1-2H3. The molecule has 0 spiro atoms. The maximum Gasteiger partial charge on any atom is 0.346 e. The summed E-state index contributed by atoms with van der Waals surface area (Å²) in [6.07, 6.45) is 1.30. The van der Waals surface area contributed by atoms with Crippen LogP contribution < -0.4 is 9.47 Å². The number of hydrogen-bond donors (Lipinski definition) is 0. The van der Waals surface area contributed by atoms with Crippen LogP contribution in [0, 0.1) is 11.6 Å². The summed E-state index contributed by atoms with van der Waals surface area (Å²) in [5, 5.41) is 0. The number of hydrogen-bond acceptors (Lipinski definition) is 4. The zero-order valence-electron chi connectivity index (χ0n) is 16.6. The van der Waals surface area contributed by atoms with Crippen molar-refractivity contribution in [2.45, 2.75) is 26.7 Å². The predicted octanol–water partition coefficient (Wildman–Crippen LogP) is 5.53. The molecule has 154 valence electrons. The highest BCUT2D eigenvalue weighted by Crippen LogP contribution is 2.21. The molecule has 0 amide bonds. The van der Waals surface area contributed by atoms with Gasteiger partial charge in [0.1, 0.15) is 23.1 Å². The molecule has 0 atom stereocenters. The zero-order chi connectivity index (χ0) is 21.7. The van der Waals surface area contributed by atoms with Gasteiger partial charge in [0.2, 0.25) is 0 Å². The molecular formula is C24H20F2O4. The number of ether oxygens (including phenoxy) is 2. The molecular weight excluding hydrogens is 390 g/mol. The highest BCUT2D eigenvalue weighted by molar-refractivity contribution is 5.92. The van der Waals surface area contributed by atoms with Crippen LogP contribution in [0.5, 0.6) is 11.5 Å². The SMILES string of the molecule is CCc1ccc(C(=O)Oc2ccc(OC(=O)c3ccc(CC)cc3F)cc2)c(F)c1. The highest BCUT2D eigenvalue weighted by Gasteiger charge is 2.16. The second-order valence-electron chi connectivity index (χ2n) is 6.59. The summed E-state index contributed by atoms with van der Waals surface area (Å²) in [7, 11) is 0. The van der Waals surface area contributed by atoms with Gasteiger partial charge >= 0.3 is 11.9 Å². The number of rotatable bonds is 6. The Bertz CT molecular complexity index is 989. The molecule has 6 heteroatoms. The van der Waals surface area contributed by atoms with Crippen molar-refractivity contribution in [3.8, 4) is 11.5 Å². The van der Waals surface area contributed by atoms with Crippen molar-refractivity contribution in [2.24, 2.45) is 0 Å². The second kappa shape index (κ2) is 9.31. The van der Waals surface area contributed by atoms with E-state index in [0.717, 1.165) is 11.1 Å². The van der Waals surface area contributed by atoms with Crippen molar-refractivity contribution in [1.82, 2.24) is 0 Å². The molecule has 0 aliphatic heterocycles. The number of esters is 2. The molecule has 0 heterocycles. The molecule has 0 aromatic heterocycles. The Morgan fingerprint density at radius 3 is 1.33 bits per heavy atom. The van der Waals surface area contributed by atoms with Crippen LogP contribution >= 0.6 is 0 Å². The maximum absolute atomic E-state index is 14.1. The van der Waals surface area contributed by atoms with Crippen molar-refractivity contribution in [3.63, 3.8) is 0 Å². The first kappa shape index (κ1) is 21.2. The van der Waals surface area contributed by atoms with Gasteiger partial charge in [0, 0.05) is 0 Å². The average Bonchev–Trinajstić information content (AvgIpc) is 2.74. The van der Waals surface area contributed by atoms with E-state index in [9.17, 15) is 18.4 Å². The molecule has 0 N–H and O–H groups in total. The predicted molar refractivity (Wildman–Crippen MR) is 108 cm³/mol. The lowest BCUT2D eigenvalue weighted by Crippen LogP contribution is -2.12. The first-order valence-corrected chi connectivity index (χ1v) is 9.52. The van der Waals surface area contributed by atoms with E-state index in [4.69, 9.17) is 9.47 Å². The Kier molecular flexibility index (Phi) is 6.57. The monoisotopic (exact) mass is 410 g/mol. The molecule has 0 unspecified atom stereocenters. The quantitative estimate of drug-likeness (QED) is 0.396. The summed E-state index contributed by atoms with van der Waals surface area (Å²) in [6.45, 7) is 3.77. The number of benzene rings is 3. The summed E-state index contributed by atoms with van der Waals surface area (Å²) in [5.41, 5.74) is 1.20. The van der Waals surface area contributed by atoms with Gasteiger partial charge in [0.15, 0.2) is 0 Å². The summed E-state index contributed by atoms with van der Waals surface area (Å²) in [6, 6.07) is 14.3. The van der Waals surface area contributed by atoms with Gasteiger partial charge in [-0.3, -0.25) is 0 Å². The molecule has 3 aromatic carbocycles. The summed E-state index contributed by atoms with van der Waals surface area (Å²) in [5.74, 6) is -2.67. The lowest BCUT2D eigenvalue weighted by molar-refractivity contribution is 0.0714. The van der Waals surface area contributed by atoms with Crippen LogP contribution in [0.25, 0.3) is 0 Å². The van der Waals surface area contributed by atoms with Crippen LogP contribution in [0.1, 0.15) is 45.7 Å². The van der Waals surface area contributed by atoms with Gasteiger partial charge in [-0.15, -0.1) is 0 Å². The molecule has 0 aliphatic rings. The largest absolute Gasteiger partial charge is 0.423 e. The van der Waals surface area contributed by atoms with Gasteiger partial charge in [0.25, 0.3) is 0 Å². The van der Waals surface area contributed by atoms with Crippen LogP contribution in [0.4, 0.5) is 8.78 Å². The number of halogens is 2. The topological polar surface area (TPSA) is 52.6 Å². The van der Waals surface area contributed by atoms with Gasteiger partial charge in [-0.2, -0.15) is 0 Å². The van der Waals surface area contributed by atoms with Gasteiger partial charge in [-0.1, -0.05) is 26.0 Å². The molecule has 0 fully saturated rings. The van der Waals surface area contributed by atoms with Crippen LogP contribution in [-0.2, 0) is 12.8 Å². The minimum atomic E-state index is -0.835. The van der Waals surface area contributed by atoms with Gasteiger partial charge in [-0.05, 0) is 72.5 Å². The fraction of sp³-hybridized carbons (Fsp3) is 0.167. The van der Waals surface area contributed by atoms with Crippen LogP contribution in [0.2, 0.25) is 0 Å². The number of carbonyl (C=O) groups is 2. The summed E-state index contributed by atoms with van der Waals surface area (Å²) in [4.78, 5) is 24.4.